The molecule has 0 saturated heterocycles. The Bertz CT molecular complexity index is 872. The molecule has 1 aliphatic heterocycles. The molecule has 0 bridgehead atoms. The van der Waals surface area contributed by atoms with Gasteiger partial charge >= 0.3 is 23.9 Å². The Labute approximate surface area is 174 Å². The molecule has 0 aromatic rings. The summed E-state index contributed by atoms with van der Waals surface area (Å²) in [4.78, 5) is 61.3. The Morgan fingerprint density at radius 2 is 1.63 bits per heavy atom. The van der Waals surface area contributed by atoms with Crippen molar-refractivity contribution in [1.82, 2.24) is 0 Å². The second-order valence-corrected chi connectivity index (χ2v) is 8.49. The molecular weight excluding hydrogens is 396 g/mol. The zero-order chi connectivity index (χ0) is 22.6. The van der Waals surface area contributed by atoms with Gasteiger partial charge in [0.25, 0.3) is 5.79 Å². The minimum absolute atomic E-state index is 0.0866. The highest BCUT2D eigenvalue weighted by atomic mass is 16.7. The fraction of sp³-hybridized carbons (Fsp3) is 0.667. The first-order valence-electron chi connectivity index (χ1n) is 9.86. The van der Waals surface area contributed by atoms with Crippen molar-refractivity contribution < 1.29 is 42.9 Å². The summed E-state index contributed by atoms with van der Waals surface area (Å²) in [5.74, 6) is -6.27. The Balaban J connectivity index is 2.34. The maximum Gasteiger partial charge on any atom is 0.337 e. The van der Waals surface area contributed by atoms with E-state index in [0.29, 0.717) is 0 Å². The van der Waals surface area contributed by atoms with Crippen molar-refractivity contribution in [3.8, 4) is 0 Å². The third kappa shape index (κ3) is 3.11. The molecule has 0 amide bonds. The third-order valence-corrected chi connectivity index (χ3v) is 6.46. The highest BCUT2D eigenvalue weighted by Crippen LogP contribution is 2.62. The van der Waals surface area contributed by atoms with Gasteiger partial charge in [0.15, 0.2) is 6.10 Å². The molecule has 0 aromatic heterocycles. The van der Waals surface area contributed by atoms with Gasteiger partial charge in [-0.05, 0) is 13.3 Å². The SMILES string of the molecule is CC(=O)O[C@H]1C2=C(C)C(=O)O[C@]2(OC(C)=O)[C@H]2[C@H](C)C(=O)CC[C@]2(C)[C@H]1OC(C)=O. The van der Waals surface area contributed by atoms with E-state index in [1.807, 2.05) is 0 Å². The molecule has 0 radical (unpaired) electrons. The van der Waals surface area contributed by atoms with Gasteiger partial charge in [-0.3, -0.25) is 19.2 Å². The lowest BCUT2D eigenvalue weighted by Gasteiger charge is -2.58. The van der Waals surface area contributed by atoms with Gasteiger partial charge in [0.05, 0.1) is 11.5 Å². The predicted octanol–water partition coefficient (Wildman–Crippen LogP) is 1.62. The van der Waals surface area contributed by atoms with Crippen LogP contribution in [0.2, 0.25) is 0 Å². The van der Waals surface area contributed by atoms with Crippen molar-refractivity contribution in [1.29, 1.82) is 0 Å². The predicted molar refractivity (Wildman–Crippen MR) is 99.4 cm³/mol. The third-order valence-electron chi connectivity index (χ3n) is 6.46. The van der Waals surface area contributed by atoms with E-state index in [4.69, 9.17) is 18.9 Å². The molecule has 30 heavy (non-hydrogen) atoms. The van der Waals surface area contributed by atoms with Crippen LogP contribution >= 0.6 is 0 Å². The number of carbonyl (C=O) groups excluding carboxylic acids is 5. The maximum atomic E-state index is 12.7. The molecule has 0 spiro atoms. The minimum Gasteiger partial charge on any atom is -0.458 e. The van der Waals surface area contributed by atoms with E-state index in [1.165, 1.54) is 27.7 Å². The standard InChI is InChI=1S/C21H26O9/c1-9-14(25)7-8-20(6)17(9)21(29-13(5)24)15(10(2)19(26)30-21)16(27-11(3)22)18(20)28-12(4)23/h9,16-18H,7-8H2,1-6H3/t9-,16+,17+,18+,20+,21+/m1/s1. The van der Waals surface area contributed by atoms with Crippen LogP contribution in [0.5, 0.6) is 0 Å². The topological polar surface area (TPSA) is 122 Å². The Morgan fingerprint density at radius 1 is 1.03 bits per heavy atom. The quantitative estimate of drug-likeness (QED) is 0.493. The number of ketones is 1. The van der Waals surface area contributed by atoms with E-state index < -0.39 is 59.1 Å². The molecular formula is C21H26O9. The fourth-order valence-corrected chi connectivity index (χ4v) is 5.42. The van der Waals surface area contributed by atoms with Crippen molar-refractivity contribution in [2.24, 2.45) is 17.3 Å². The normalized spacial score (nSPS) is 37.7. The van der Waals surface area contributed by atoms with Gasteiger partial charge in [0.1, 0.15) is 11.9 Å². The fourth-order valence-electron chi connectivity index (χ4n) is 5.42. The number of Topliss-reactive ketones (excluding diaryl/α,β-unsaturated/α-hetero) is 1. The summed E-state index contributed by atoms with van der Waals surface area (Å²) >= 11 is 0. The van der Waals surface area contributed by atoms with Crippen LogP contribution in [0.15, 0.2) is 11.1 Å². The molecule has 2 fully saturated rings. The molecule has 2 saturated carbocycles. The van der Waals surface area contributed by atoms with Crippen LogP contribution in [-0.4, -0.2) is 47.7 Å². The first-order valence-corrected chi connectivity index (χ1v) is 9.86. The lowest BCUT2D eigenvalue weighted by Crippen LogP contribution is -2.69. The largest absolute Gasteiger partial charge is 0.458 e. The molecule has 0 N–H and O–H groups in total. The van der Waals surface area contributed by atoms with Crippen LogP contribution in [0.4, 0.5) is 0 Å². The number of ether oxygens (including phenoxy) is 4. The van der Waals surface area contributed by atoms with Gasteiger partial charge in [-0.25, -0.2) is 4.79 Å². The Morgan fingerprint density at radius 3 is 2.17 bits per heavy atom. The van der Waals surface area contributed by atoms with Crippen molar-refractivity contribution >= 4 is 29.7 Å². The zero-order valence-electron chi connectivity index (χ0n) is 17.9. The van der Waals surface area contributed by atoms with Gasteiger partial charge in [-0.1, -0.05) is 13.8 Å². The molecule has 3 aliphatic rings. The molecule has 6 atom stereocenters. The molecule has 3 rings (SSSR count). The maximum absolute atomic E-state index is 12.7. The minimum atomic E-state index is -1.92. The van der Waals surface area contributed by atoms with E-state index in [0.717, 1.165) is 0 Å². The average Bonchev–Trinajstić information content (AvgIpc) is 2.84. The summed E-state index contributed by atoms with van der Waals surface area (Å²) in [5, 5.41) is 0. The van der Waals surface area contributed by atoms with Crippen LogP contribution in [-0.2, 0) is 42.9 Å². The monoisotopic (exact) mass is 422 g/mol. The van der Waals surface area contributed by atoms with Gasteiger partial charge in [0.2, 0.25) is 0 Å². The van der Waals surface area contributed by atoms with Crippen LogP contribution in [0, 0.1) is 17.3 Å². The van der Waals surface area contributed by atoms with Crippen LogP contribution in [0.25, 0.3) is 0 Å². The molecule has 9 heteroatoms. The highest BCUT2D eigenvalue weighted by molar-refractivity contribution is 5.94. The van der Waals surface area contributed by atoms with Crippen LogP contribution < -0.4 is 0 Å². The summed E-state index contributed by atoms with van der Waals surface area (Å²) in [6, 6.07) is 0. The number of esters is 4. The lowest BCUT2D eigenvalue weighted by molar-refractivity contribution is -0.283. The van der Waals surface area contributed by atoms with E-state index in [1.54, 1.807) is 13.8 Å². The van der Waals surface area contributed by atoms with Crippen molar-refractivity contribution in [3.63, 3.8) is 0 Å². The molecule has 164 valence electrons. The average molecular weight is 422 g/mol. The van der Waals surface area contributed by atoms with Gasteiger partial charge < -0.3 is 18.9 Å². The van der Waals surface area contributed by atoms with E-state index in [2.05, 4.69) is 0 Å². The molecule has 1 heterocycles. The smallest absolute Gasteiger partial charge is 0.337 e. The number of carbonyl (C=O) groups is 5. The van der Waals surface area contributed by atoms with Crippen molar-refractivity contribution in [3.05, 3.63) is 11.1 Å². The summed E-state index contributed by atoms with van der Waals surface area (Å²) in [6.07, 6.45) is -1.74. The number of rotatable bonds is 3. The first kappa shape index (κ1) is 22.0. The summed E-state index contributed by atoms with van der Waals surface area (Å²) in [7, 11) is 0. The van der Waals surface area contributed by atoms with Gasteiger partial charge in [0, 0.05) is 44.1 Å². The van der Waals surface area contributed by atoms with Crippen molar-refractivity contribution in [2.45, 2.75) is 72.4 Å². The zero-order valence-corrected chi connectivity index (χ0v) is 17.9. The highest BCUT2D eigenvalue weighted by Gasteiger charge is 2.73. The van der Waals surface area contributed by atoms with Gasteiger partial charge in [-0.15, -0.1) is 0 Å². The van der Waals surface area contributed by atoms with Crippen molar-refractivity contribution in [2.75, 3.05) is 0 Å². The second-order valence-electron chi connectivity index (χ2n) is 8.49. The second kappa shape index (κ2) is 7.21. The summed E-state index contributed by atoms with van der Waals surface area (Å²) in [5.41, 5.74) is -0.789. The molecule has 0 aromatic carbocycles. The lowest BCUT2D eigenvalue weighted by atomic mass is 9.51. The van der Waals surface area contributed by atoms with E-state index >= 15 is 0 Å². The van der Waals surface area contributed by atoms with E-state index in [-0.39, 0.29) is 29.8 Å². The number of hydrogen-bond donors (Lipinski definition) is 0. The Kier molecular flexibility index (Phi) is 5.28. The van der Waals surface area contributed by atoms with E-state index in [9.17, 15) is 24.0 Å². The molecule has 0 unspecified atom stereocenters. The van der Waals surface area contributed by atoms with Crippen LogP contribution in [0.1, 0.15) is 54.4 Å². The Hall–Kier alpha value is -2.71. The molecule has 9 nitrogen and oxygen atoms in total. The number of hydrogen-bond acceptors (Lipinski definition) is 9. The summed E-state index contributed by atoms with van der Waals surface area (Å²) < 4.78 is 22.5. The summed E-state index contributed by atoms with van der Waals surface area (Å²) in [6.45, 7) is 8.49. The number of fused-ring (bicyclic) bond motifs is 3. The van der Waals surface area contributed by atoms with Crippen LogP contribution in [0.3, 0.4) is 0 Å². The van der Waals surface area contributed by atoms with Gasteiger partial charge in [-0.2, -0.15) is 0 Å². The molecule has 2 aliphatic carbocycles. The first-order chi connectivity index (χ1) is 13.8.